The number of fused-ring (bicyclic) bond motifs is 1. The van der Waals surface area contributed by atoms with Crippen molar-refractivity contribution in [2.75, 3.05) is 5.73 Å². The van der Waals surface area contributed by atoms with Gasteiger partial charge in [-0.2, -0.15) is 0 Å². The number of nitrogen functional groups attached to an aromatic ring is 1. The molecule has 2 N–H and O–H groups in total. The van der Waals surface area contributed by atoms with Crippen molar-refractivity contribution in [2.45, 2.75) is 13.5 Å². The summed E-state index contributed by atoms with van der Waals surface area (Å²) >= 11 is 0. The van der Waals surface area contributed by atoms with E-state index in [0.717, 1.165) is 10.9 Å². The molecule has 1 aromatic carbocycles. The Morgan fingerprint density at radius 1 is 1.29 bits per heavy atom. The summed E-state index contributed by atoms with van der Waals surface area (Å²) in [5, 5.41) is 1.01. The van der Waals surface area contributed by atoms with Crippen LogP contribution in [0.15, 0.2) is 35.1 Å². The second-order valence-corrected chi connectivity index (χ2v) is 3.20. The monoisotopic (exact) mass is 188 g/mol. The zero-order valence-electron chi connectivity index (χ0n) is 8.03. The van der Waals surface area contributed by atoms with Crippen molar-refractivity contribution in [2.24, 2.45) is 0 Å². The highest BCUT2D eigenvalue weighted by atomic mass is 16.1. The van der Waals surface area contributed by atoms with Crippen LogP contribution in [0.3, 0.4) is 0 Å². The molecule has 0 fully saturated rings. The fraction of sp³-hybridized carbons (Fsp3) is 0.182. The Morgan fingerprint density at radius 2 is 2.07 bits per heavy atom. The van der Waals surface area contributed by atoms with E-state index in [4.69, 9.17) is 5.73 Å². The maximum atomic E-state index is 11.5. The minimum absolute atomic E-state index is 0.00194. The van der Waals surface area contributed by atoms with Crippen molar-refractivity contribution in [1.82, 2.24) is 4.57 Å². The summed E-state index contributed by atoms with van der Waals surface area (Å²) in [6.45, 7) is 2.58. The van der Waals surface area contributed by atoms with Crippen LogP contribution in [-0.4, -0.2) is 4.57 Å². The Labute approximate surface area is 81.8 Å². The Hall–Kier alpha value is -1.77. The van der Waals surface area contributed by atoms with Crippen molar-refractivity contribution < 1.29 is 0 Å². The van der Waals surface area contributed by atoms with Crippen molar-refractivity contribution in [3.05, 3.63) is 40.7 Å². The van der Waals surface area contributed by atoms with E-state index in [0.29, 0.717) is 12.2 Å². The summed E-state index contributed by atoms with van der Waals surface area (Å²) in [6.07, 6.45) is 0. The van der Waals surface area contributed by atoms with Gasteiger partial charge in [0.1, 0.15) is 0 Å². The zero-order valence-corrected chi connectivity index (χ0v) is 8.03. The average molecular weight is 188 g/mol. The normalized spacial score (nSPS) is 10.6. The third-order valence-electron chi connectivity index (χ3n) is 2.36. The van der Waals surface area contributed by atoms with E-state index in [9.17, 15) is 4.79 Å². The first-order chi connectivity index (χ1) is 6.74. The molecule has 0 aliphatic heterocycles. The quantitative estimate of drug-likeness (QED) is 0.691. The van der Waals surface area contributed by atoms with Gasteiger partial charge >= 0.3 is 0 Å². The molecule has 0 saturated heterocycles. The van der Waals surface area contributed by atoms with E-state index in [1.165, 1.54) is 0 Å². The smallest absolute Gasteiger partial charge is 0.251 e. The summed E-state index contributed by atoms with van der Waals surface area (Å²) in [5.74, 6) is 0. The second kappa shape index (κ2) is 3.18. The van der Waals surface area contributed by atoms with Gasteiger partial charge in [-0.15, -0.1) is 0 Å². The summed E-state index contributed by atoms with van der Waals surface area (Å²) in [4.78, 5) is 11.5. The van der Waals surface area contributed by atoms with Gasteiger partial charge in [0.15, 0.2) is 0 Å². The summed E-state index contributed by atoms with van der Waals surface area (Å²) in [7, 11) is 0. The Balaban J connectivity index is 2.99. The lowest BCUT2D eigenvalue weighted by atomic mass is 10.2. The van der Waals surface area contributed by atoms with Gasteiger partial charge in [0.05, 0.1) is 11.2 Å². The van der Waals surface area contributed by atoms with Crippen LogP contribution in [0, 0.1) is 0 Å². The number of benzene rings is 1. The SMILES string of the molecule is CCn1c(=O)ccc2cccc(N)c21. The van der Waals surface area contributed by atoms with E-state index in [2.05, 4.69) is 0 Å². The minimum Gasteiger partial charge on any atom is -0.397 e. The topological polar surface area (TPSA) is 48.0 Å². The highest BCUT2D eigenvalue weighted by Gasteiger charge is 2.03. The van der Waals surface area contributed by atoms with Gasteiger partial charge in [-0.1, -0.05) is 12.1 Å². The molecule has 0 atom stereocenters. The number of aromatic nitrogens is 1. The molecule has 3 heteroatoms. The molecule has 14 heavy (non-hydrogen) atoms. The predicted octanol–water partition coefficient (Wildman–Crippen LogP) is 1.60. The minimum atomic E-state index is -0.00194. The molecule has 2 rings (SSSR count). The van der Waals surface area contributed by atoms with E-state index in [-0.39, 0.29) is 5.56 Å². The Bertz CT molecular complexity index is 528. The molecule has 0 spiro atoms. The third-order valence-corrected chi connectivity index (χ3v) is 2.36. The third kappa shape index (κ3) is 1.18. The lowest BCUT2D eigenvalue weighted by Crippen LogP contribution is -2.18. The van der Waals surface area contributed by atoms with Crippen molar-refractivity contribution in [1.29, 1.82) is 0 Å². The highest BCUT2D eigenvalue weighted by molar-refractivity contribution is 5.89. The molecule has 0 amide bonds. The molecular weight excluding hydrogens is 176 g/mol. The number of para-hydroxylation sites is 1. The summed E-state index contributed by atoms with van der Waals surface area (Å²) in [5.41, 5.74) is 7.33. The van der Waals surface area contributed by atoms with E-state index in [1.54, 1.807) is 16.7 Å². The number of rotatable bonds is 1. The standard InChI is InChI=1S/C11H12N2O/c1-2-13-10(14)7-6-8-4-3-5-9(12)11(8)13/h3-7H,2,12H2,1H3. The van der Waals surface area contributed by atoms with Gasteiger partial charge < -0.3 is 10.3 Å². The molecule has 0 radical (unpaired) electrons. The zero-order chi connectivity index (χ0) is 10.1. The van der Waals surface area contributed by atoms with Gasteiger partial charge in [0.25, 0.3) is 5.56 Å². The van der Waals surface area contributed by atoms with Gasteiger partial charge in [-0.05, 0) is 19.1 Å². The van der Waals surface area contributed by atoms with Crippen LogP contribution in [0.2, 0.25) is 0 Å². The fourth-order valence-electron chi connectivity index (χ4n) is 1.70. The van der Waals surface area contributed by atoms with Gasteiger partial charge in [-0.25, -0.2) is 0 Å². The first-order valence-electron chi connectivity index (χ1n) is 4.62. The predicted molar refractivity (Wildman–Crippen MR) is 58.3 cm³/mol. The number of hydrogen-bond donors (Lipinski definition) is 1. The van der Waals surface area contributed by atoms with Crippen molar-refractivity contribution in [3.63, 3.8) is 0 Å². The van der Waals surface area contributed by atoms with Crippen LogP contribution >= 0.6 is 0 Å². The lowest BCUT2D eigenvalue weighted by molar-refractivity contribution is 0.761. The first-order valence-corrected chi connectivity index (χ1v) is 4.62. The molecule has 0 saturated carbocycles. The van der Waals surface area contributed by atoms with Crippen LogP contribution in [-0.2, 0) is 6.54 Å². The average Bonchev–Trinajstić information content (AvgIpc) is 2.19. The molecule has 3 nitrogen and oxygen atoms in total. The number of aryl methyl sites for hydroxylation is 1. The van der Waals surface area contributed by atoms with Crippen molar-refractivity contribution in [3.8, 4) is 0 Å². The molecule has 1 heterocycles. The lowest BCUT2D eigenvalue weighted by Gasteiger charge is -2.09. The number of hydrogen-bond acceptors (Lipinski definition) is 2. The van der Waals surface area contributed by atoms with Crippen LogP contribution in [0.5, 0.6) is 0 Å². The maximum Gasteiger partial charge on any atom is 0.251 e. The number of nitrogens with two attached hydrogens (primary N) is 1. The largest absolute Gasteiger partial charge is 0.397 e. The summed E-state index contributed by atoms with van der Waals surface area (Å²) in [6, 6.07) is 9.04. The molecule has 0 bridgehead atoms. The maximum absolute atomic E-state index is 11.5. The van der Waals surface area contributed by atoms with Crippen LogP contribution in [0.25, 0.3) is 10.9 Å². The molecule has 0 unspecified atom stereocenters. The molecule has 1 aromatic heterocycles. The summed E-state index contributed by atoms with van der Waals surface area (Å²) < 4.78 is 1.69. The second-order valence-electron chi connectivity index (χ2n) is 3.20. The molecule has 2 aromatic rings. The Morgan fingerprint density at radius 3 is 2.79 bits per heavy atom. The molecule has 0 aliphatic rings. The van der Waals surface area contributed by atoms with Crippen LogP contribution in [0.4, 0.5) is 5.69 Å². The van der Waals surface area contributed by atoms with Crippen LogP contribution in [0.1, 0.15) is 6.92 Å². The highest BCUT2D eigenvalue weighted by Crippen LogP contribution is 2.18. The number of nitrogens with zero attached hydrogens (tertiary/aromatic N) is 1. The van der Waals surface area contributed by atoms with Crippen LogP contribution < -0.4 is 11.3 Å². The van der Waals surface area contributed by atoms with Gasteiger partial charge in [0, 0.05) is 18.0 Å². The molecule has 0 aliphatic carbocycles. The van der Waals surface area contributed by atoms with Gasteiger partial charge in [0.2, 0.25) is 0 Å². The van der Waals surface area contributed by atoms with E-state index in [1.807, 2.05) is 25.1 Å². The first kappa shape index (κ1) is 8.81. The van der Waals surface area contributed by atoms with E-state index >= 15 is 0 Å². The Kier molecular flexibility index (Phi) is 2.00. The number of pyridine rings is 1. The fourth-order valence-corrected chi connectivity index (χ4v) is 1.70. The van der Waals surface area contributed by atoms with Crippen molar-refractivity contribution >= 4 is 16.6 Å². The molecule has 72 valence electrons. The van der Waals surface area contributed by atoms with Gasteiger partial charge in [-0.3, -0.25) is 4.79 Å². The number of anilines is 1. The molecular formula is C11H12N2O. The van der Waals surface area contributed by atoms with E-state index < -0.39 is 0 Å².